The van der Waals surface area contributed by atoms with Crippen molar-refractivity contribution in [2.45, 2.75) is 45.8 Å². The first-order chi connectivity index (χ1) is 11.0. The van der Waals surface area contributed by atoms with Crippen molar-refractivity contribution in [2.24, 2.45) is 0 Å². The zero-order valence-electron chi connectivity index (χ0n) is 14.6. The van der Waals surface area contributed by atoms with Crippen LogP contribution in [0.15, 0.2) is 23.7 Å². The lowest BCUT2D eigenvalue weighted by molar-refractivity contribution is -0.118. The molecule has 7 heteroatoms. The molecular weight excluding hydrogens is 312 g/mol. The third kappa shape index (κ3) is 3.97. The highest BCUT2D eigenvalue weighted by Crippen LogP contribution is 2.39. The average molecular weight is 335 g/mol. The number of carbonyl (C=O) groups is 1. The molecule has 0 bridgehead atoms. The number of halogens is 1. The second-order valence-corrected chi connectivity index (χ2v) is 6.92. The first-order valence-electron chi connectivity index (χ1n) is 7.81. The predicted molar refractivity (Wildman–Crippen MR) is 90.8 cm³/mol. The molecule has 1 aliphatic rings. The van der Waals surface area contributed by atoms with Crippen LogP contribution in [0.5, 0.6) is 5.75 Å². The molecule has 1 aromatic carbocycles. The first kappa shape index (κ1) is 18.5. The van der Waals surface area contributed by atoms with Crippen molar-refractivity contribution in [1.82, 2.24) is 5.32 Å². The number of hydrogen-bond donors (Lipinski definition) is 2. The molecule has 0 radical (unpaired) electrons. The van der Waals surface area contributed by atoms with Gasteiger partial charge in [0.1, 0.15) is 11.6 Å². The number of amides is 1. The lowest BCUT2D eigenvalue weighted by Gasteiger charge is -2.32. The Morgan fingerprint density at radius 1 is 1.29 bits per heavy atom. The monoisotopic (exact) mass is 335 g/mol. The fraction of sp³-hybridized carbons (Fsp3) is 0.471. The normalized spacial score (nSPS) is 19.4. The van der Waals surface area contributed by atoms with E-state index in [1.54, 1.807) is 6.08 Å². The van der Waals surface area contributed by atoms with Gasteiger partial charge < -0.3 is 19.7 Å². The van der Waals surface area contributed by atoms with Crippen molar-refractivity contribution in [3.8, 4) is 5.75 Å². The Kier molecular flexibility index (Phi) is 5.06. The van der Waals surface area contributed by atoms with Crippen molar-refractivity contribution < 1.29 is 23.6 Å². The summed E-state index contributed by atoms with van der Waals surface area (Å²) in [6.45, 7) is 9.25. The summed E-state index contributed by atoms with van der Waals surface area (Å²) in [6.07, 6.45) is 1.58. The quantitative estimate of drug-likeness (QED) is 0.830. The minimum absolute atomic E-state index is 0.0618. The highest BCUT2D eigenvalue weighted by Gasteiger charge is 2.52. The van der Waals surface area contributed by atoms with Crippen LogP contribution in [0.2, 0.25) is 0 Å². The van der Waals surface area contributed by atoms with Gasteiger partial charge in [0.2, 0.25) is 5.91 Å². The fourth-order valence-corrected chi connectivity index (χ4v) is 2.26. The van der Waals surface area contributed by atoms with Crippen LogP contribution < -0.4 is 5.32 Å². The van der Waals surface area contributed by atoms with Crippen LogP contribution in [-0.2, 0) is 14.1 Å². The van der Waals surface area contributed by atoms with Gasteiger partial charge in [-0.25, -0.2) is 4.39 Å². The highest BCUT2D eigenvalue weighted by atomic mass is 19.1. The van der Waals surface area contributed by atoms with E-state index in [4.69, 9.17) is 9.31 Å². The topological polar surface area (TPSA) is 67.8 Å². The highest BCUT2D eigenvalue weighted by molar-refractivity contribution is 6.56. The number of carbonyl (C=O) groups excluding carboxylic acids is 1. The molecule has 24 heavy (non-hydrogen) atoms. The van der Waals surface area contributed by atoms with Crippen LogP contribution in [0.3, 0.4) is 0 Å². The maximum Gasteiger partial charge on any atom is 0.492 e. The van der Waals surface area contributed by atoms with Crippen LogP contribution in [0.1, 0.15) is 40.2 Å². The van der Waals surface area contributed by atoms with E-state index in [1.165, 1.54) is 25.1 Å². The van der Waals surface area contributed by atoms with E-state index in [0.717, 1.165) is 0 Å². The Balaban J connectivity index is 2.37. The zero-order valence-corrected chi connectivity index (χ0v) is 14.6. The molecular formula is C17H23BFNO4. The molecule has 0 unspecified atom stereocenters. The summed E-state index contributed by atoms with van der Waals surface area (Å²) >= 11 is 0. The molecule has 0 aliphatic carbocycles. The first-order valence-corrected chi connectivity index (χ1v) is 7.81. The summed E-state index contributed by atoms with van der Waals surface area (Å²) in [7, 11) is -0.704. The summed E-state index contributed by atoms with van der Waals surface area (Å²) in [4.78, 5) is 11.3. The number of aromatic hydroxyl groups is 1. The number of phenols is 1. The van der Waals surface area contributed by atoms with E-state index in [0.29, 0.717) is 11.0 Å². The Bertz CT molecular complexity index is 657. The minimum atomic E-state index is -0.704. The molecule has 2 N–H and O–H groups in total. The van der Waals surface area contributed by atoms with Crippen LogP contribution in [0.4, 0.5) is 4.39 Å². The van der Waals surface area contributed by atoms with Crippen LogP contribution >= 0.6 is 0 Å². The van der Waals surface area contributed by atoms with Crippen molar-refractivity contribution in [3.63, 3.8) is 0 Å². The van der Waals surface area contributed by atoms with E-state index >= 15 is 0 Å². The van der Waals surface area contributed by atoms with Crippen molar-refractivity contribution in [3.05, 3.63) is 35.1 Å². The van der Waals surface area contributed by atoms with E-state index in [1.807, 2.05) is 27.7 Å². The van der Waals surface area contributed by atoms with Gasteiger partial charge in [0, 0.05) is 19.0 Å². The molecule has 1 saturated heterocycles. The number of benzene rings is 1. The van der Waals surface area contributed by atoms with Crippen LogP contribution in [0, 0.1) is 5.82 Å². The van der Waals surface area contributed by atoms with Gasteiger partial charge in [-0.2, -0.15) is 0 Å². The van der Waals surface area contributed by atoms with Crippen LogP contribution in [-0.4, -0.2) is 35.9 Å². The van der Waals surface area contributed by atoms with E-state index in [-0.39, 0.29) is 18.2 Å². The number of rotatable bonds is 4. The predicted octanol–water partition coefficient (Wildman–Crippen LogP) is 2.68. The third-order valence-corrected chi connectivity index (χ3v) is 4.43. The standard InChI is InChI=1S/C17H23BFNO4/c1-11(21)20-10-13(8-12-9-14(19)6-7-15(12)22)18-23-16(2,3)17(4,5)24-18/h6-9,22H,10H2,1-5H3,(H,20,21). The van der Waals surface area contributed by atoms with Crippen molar-refractivity contribution >= 4 is 19.1 Å². The van der Waals surface area contributed by atoms with E-state index < -0.39 is 24.1 Å². The Hall–Kier alpha value is -1.86. The van der Waals surface area contributed by atoms with Crippen LogP contribution in [0.25, 0.3) is 6.08 Å². The number of hydrogen-bond acceptors (Lipinski definition) is 4. The average Bonchev–Trinajstić information content (AvgIpc) is 2.66. The SMILES string of the molecule is CC(=O)NCC(=Cc1cc(F)ccc1O)B1OC(C)(C)C(C)(C)O1. The maximum atomic E-state index is 13.5. The van der Waals surface area contributed by atoms with Gasteiger partial charge in [-0.3, -0.25) is 4.79 Å². The molecule has 1 fully saturated rings. The molecule has 1 heterocycles. The van der Waals surface area contributed by atoms with E-state index in [9.17, 15) is 14.3 Å². The number of phenolic OH excluding ortho intramolecular Hbond substituents is 1. The Morgan fingerprint density at radius 2 is 1.88 bits per heavy atom. The van der Waals surface area contributed by atoms with Gasteiger partial charge in [-0.15, -0.1) is 0 Å². The van der Waals surface area contributed by atoms with Gasteiger partial charge in [0.15, 0.2) is 0 Å². The molecule has 0 atom stereocenters. The van der Waals surface area contributed by atoms with Crippen molar-refractivity contribution in [1.29, 1.82) is 0 Å². The Labute approximate surface area is 142 Å². The van der Waals surface area contributed by atoms with E-state index in [2.05, 4.69) is 5.32 Å². The van der Waals surface area contributed by atoms with Crippen molar-refractivity contribution in [2.75, 3.05) is 6.54 Å². The van der Waals surface area contributed by atoms with Gasteiger partial charge in [0.25, 0.3) is 0 Å². The molecule has 0 aromatic heterocycles. The second-order valence-electron chi connectivity index (χ2n) is 6.92. The molecule has 1 aromatic rings. The largest absolute Gasteiger partial charge is 0.507 e. The molecule has 0 saturated carbocycles. The number of nitrogens with one attached hydrogen (secondary N) is 1. The van der Waals surface area contributed by atoms with Gasteiger partial charge in [-0.05, 0) is 51.4 Å². The third-order valence-electron chi connectivity index (χ3n) is 4.43. The smallest absolute Gasteiger partial charge is 0.492 e. The lowest BCUT2D eigenvalue weighted by Crippen LogP contribution is -2.41. The summed E-state index contributed by atoms with van der Waals surface area (Å²) in [5.41, 5.74) is -0.205. The fourth-order valence-electron chi connectivity index (χ4n) is 2.26. The summed E-state index contributed by atoms with van der Waals surface area (Å²) in [5.74, 6) is -0.735. The lowest BCUT2D eigenvalue weighted by atomic mass is 9.77. The summed E-state index contributed by atoms with van der Waals surface area (Å²) in [5, 5.41) is 12.6. The second kappa shape index (κ2) is 6.57. The molecule has 130 valence electrons. The van der Waals surface area contributed by atoms with Gasteiger partial charge >= 0.3 is 7.12 Å². The van der Waals surface area contributed by atoms with Gasteiger partial charge in [-0.1, -0.05) is 6.08 Å². The molecule has 5 nitrogen and oxygen atoms in total. The summed E-state index contributed by atoms with van der Waals surface area (Å²) < 4.78 is 25.4. The molecule has 2 rings (SSSR count). The molecule has 0 spiro atoms. The summed E-state index contributed by atoms with van der Waals surface area (Å²) in [6, 6.07) is 3.67. The minimum Gasteiger partial charge on any atom is -0.507 e. The van der Waals surface area contributed by atoms with Gasteiger partial charge in [0.05, 0.1) is 11.2 Å². The maximum absolute atomic E-state index is 13.5. The molecule has 1 aliphatic heterocycles. The Morgan fingerprint density at radius 3 is 2.42 bits per heavy atom. The zero-order chi connectivity index (χ0) is 18.1. The molecule has 1 amide bonds.